The maximum atomic E-state index is 11.7. The monoisotopic (exact) mass is 277 g/mol. The number of benzene rings is 1. The Labute approximate surface area is 114 Å². The lowest BCUT2D eigenvalue weighted by Crippen LogP contribution is -2.40. The second-order valence-electron chi connectivity index (χ2n) is 5.63. The van der Waals surface area contributed by atoms with E-state index in [0.29, 0.717) is 11.8 Å². The van der Waals surface area contributed by atoms with Crippen molar-refractivity contribution in [2.75, 3.05) is 0 Å². The fourth-order valence-electron chi connectivity index (χ4n) is 3.58. The van der Waals surface area contributed by atoms with E-state index in [1.54, 1.807) is 0 Å². The number of hydrogen-bond donors (Lipinski definition) is 1. The molecule has 1 saturated carbocycles. The molecule has 0 saturated heterocycles. The van der Waals surface area contributed by atoms with E-state index >= 15 is 0 Å². The van der Waals surface area contributed by atoms with Gasteiger partial charge in [-0.3, -0.25) is 0 Å². The lowest BCUT2D eigenvalue weighted by atomic mass is 9.94. The molecule has 1 fully saturated rings. The molecular formula is C15H19NO2S. The van der Waals surface area contributed by atoms with Gasteiger partial charge < -0.3 is 0 Å². The molecule has 2 unspecified atom stereocenters. The Bertz CT molecular complexity index is 561. The molecule has 2 atom stereocenters. The van der Waals surface area contributed by atoms with Crippen LogP contribution in [0.1, 0.15) is 24.0 Å². The molecule has 1 aromatic carbocycles. The fourth-order valence-corrected chi connectivity index (χ4v) is 4.44. The summed E-state index contributed by atoms with van der Waals surface area (Å²) in [5.74, 6) is 0.840. The minimum absolute atomic E-state index is 0.0652. The highest BCUT2D eigenvalue weighted by atomic mass is 32.2. The first-order valence-corrected chi connectivity index (χ1v) is 8.35. The normalized spacial score (nSPS) is 29.6. The summed E-state index contributed by atoms with van der Waals surface area (Å²) >= 11 is 0. The van der Waals surface area contributed by atoms with Gasteiger partial charge in [0.2, 0.25) is 10.0 Å². The molecule has 0 radical (unpaired) electrons. The second kappa shape index (κ2) is 4.76. The van der Waals surface area contributed by atoms with E-state index in [1.165, 1.54) is 11.1 Å². The zero-order chi connectivity index (χ0) is 13.5. The third-order valence-corrected chi connectivity index (χ3v) is 5.57. The highest BCUT2D eigenvalue weighted by Gasteiger charge is 2.40. The van der Waals surface area contributed by atoms with Gasteiger partial charge in [0.25, 0.3) is 0 Å². The molecule has 0 aliphatic heterocycles. The Kier molecular flexibility index (Phi) is 3.23. The van der Waals surface area contributed by atoms with Crippen molar-refractivity contribution < 1.29 is 8.42 Å². The topological polar surface area (TPSA) is 46.2 Å². The molecule has 2 aliphatic carbocycles. The third-order valence-electron chi connectivity index (χ3n) is 4.53. The molecule has 0 heterocycles. The zero-order valence-electron chi connectivity index (χ0n) is 10.9. The van der Waals surface area contributed by atoms with Crippen LogP contribution in [0.15, 0.2) is 36.3 Å². The minimum atomic E-state index is -3.33. The van der Waals surface area contributed by atoms with Crippen molar-refractivity contribution in [2.24, 2.45) is 11.8 Å². The molecule has 3 rings (SSSR count). The van der Waals surface area contributed by atoms with E-state index in [0.717, 1.165) is 31.1 Å². The van der Waals surface area contributed by atoms with Gasteiger partial charge in [-0.2, -0.15) is 0 Å². The number of rotatable bonds is 3. The summed E-state index contributed by atoms with van der Waals surface area (Å²) in [6.45, 7) is 3.38. The number of nitrogens with one attached hydrogen (secondary N) is 1. The zero-order valence-corrected chi connectivity index (χ0v) is 11.7. The van der Waals surface area contributed by atoms with Crippen LogP contribution in [0.2, 0.25) is 0 Å². The van der Waals surface area contributed by atoms with Gasteiger partial charge in [-0.15, -0.1) is 0 Å². The van der Waals surface area contributed by atoms with E-state index < -0.39 is 10.0 Å². The maximum absolute atomic E-state index is 11.7. The van der Waals surface area contributed by atoms with Crippen LogP contribution in [-0.4, -0.2) is 14.5 Å². The van der Waals surface area contributed by atoms with Gasteiger partial charge in [0, 0.05) is 11.4 Å². The minimum Gasteiger partial charge on any atom is -0.208 e. The Morgan fingerprint density at radius 1 is 1.11 bits per heavy atom. The number of sulfonamides is 1. The standard InChI is InChI=1S/C15H19NO2S/c1-2-19(17,18)16-15-13-7-8-14(15)10-12-6-4-3-5-11(12)9-13/h2-6,13-16H,1,7-10H2. The molecule has 2 bridgehead atoms. The molecular weight excluding hydrogens is 258 g/mol. The quantitative estimate of drug-likeness (QED) is 0.921. The predicted molar refractivity (Wildman–Crippen MR) is 76.1 cm³/mol. The van der Waals surface area contributed by atoms with Crippen molar-refractivity contribution >= 4 is 10.0 Å². The summed E-state index contributed by atoms with van der Waals surface area (Å²) in [6, 6.07) is 8.56. The first kappa shape index (κ1) is 12.9. The molecule has 1 N–H and O–H groups in total. The van der Waals surface area contributed by atoms with Crippen LogP contribution < -0.4 is 4.72 Å². The van der Waals surface area contributed by atoms with E-state index in [2.05, 4.69) is 35.6 Å². The van der Waals surface area contributed by atoms with Gasteiger partial charge >= 0.3 is 0 Å². The van der Waals surface area contributed by atoms with Crippen molar-refractivity contribution in [3.63, 3.8) is 0 Å². The van der Waals surface area contributed by atoms with Crippen LogP contribution in [0.4, 0.5) is 0 Å². The van der Waals surface area contributed by atoms with Crippen molar-refractivity contribution in [1.29, 1.82) is 0 Å². The largest absolute Gasteiger partial charge is 0.233 e. The molecule has 0 amide bonds. The van der Waals surface area contributed by atoms with Gasteiger partial charge in [-0.25, -0.2) is 13.1 Å². The Hall–Kier alpha value is -1.13. The van der Waals surface area contributed by atoms with Crippen molar-refractivity contribution in [3.05, 3.63) is 47.4 Å². The SMILES string of the molecule is C=CS(=O)(=O)NC1C2CCC1Cc1ccccc1C2. The molecule has 1 aromatic rings. The predicted octanol–water partition coefficient (Wildman–Crippen LogP) is 2.24. The van der Waals surface area contributed by atoms with Crippen LogP contribution in [0.5, 0.6) is 0 Å². The average Bonchev–Trinajstić information content (AvgIpc) is 2.65. The van der Waals surface area contributed by atoms with Crippen molar-refractivity contribution in [3.8, 4) is 0 Å². The van der Waals surface area contributed by atoms with Crippen LogP contribution in [0, 0.1) is 11.8 Å². The highest BCUT2D eigenvalue weighted by molar-refractivity contribution is 7.92. The van der Waals surface area contributed by atoms with E-state index in [1.807, 2.05) is 0 Å². The maximum Gasteiger partial charge on any atom is 0.233 e. The Morgan fingerprint density at radius 2 is 1.63 bits per heavy atom. The van der Waals surface area contributed by atoms with Gasteiger partial charge in [-0.1, -0.05) is 30.8 Å². The third kappa shape index (κ3) is 2.47. The van der Waals surface area contributed by atoms with E-state index in [4.69, 9.17) is 0 Å². The van der Waals surface area contributed by atoms with Crippen molar-refractivity contribution in [2.45, 2.75) is 31.7 Å². The van der Waals surface area contributed by atoms with E-state index in [9.17, 15) is 8.42 Å². The fraction of sp³-hybridized carbons (Fsp3) is 0.467. The summed E-state index contributed by atoms with van der Waals surface area (Å²) in [7, 11) is -3.33. The second-order valence-corrected chi connectivity index (χ2v) is 7.29. The van der Waals surface area contributed by atoms with Gasteiger partial charge in [0.1, 0.15) is 0 Å². The summed E-state index contributed by atoms with van der Waals surface area (Å²) in [5.41, 5.74) is 2.77. The smallest absolute Gasteiger partial charge is 0.208 e. The van der Waals surface area contributed by atoms with Crippen LogP contribution >= 0.6 is 0 Å². The molecule has 4 heteroatoms. The molecule has 102 valence electrons. The summed E-state index contributed by atoms with van der Waals surface area (Å²) < 4.78 is 26.3. The first-order valence-electron chi connectivity index (χ1n) is 6.80. The Balaban J connectivity index is 1.89. The van der Waals surface area contributed by atoms with Gasteiger partial charge in [0.15, 0.2) is 0 Å². The average molecular weight is 277 g/mol. The Morgan fingerprint density at radius 3 is 2.11 bits per heavy atom. The molecule has 3 nitrogen and oxygen atoms in total. The summed E-state index contributed by atoms with van der Waals surface area (Å²) in [6.07, 6.45) is 4.20. The summed E-state index contributed by atoms with van der Waals surface area (Å²) in [4.78, 5) is 0. The number of hydrogen-bond acceptors (Lipinski definition) is 2. The van der Waals surface area contributed by atoms with E-state index in [-0.39, 0.29) is 6.04 Å². The molecule has 2 aliphatic rings. The van der Waals surface area contributed by atoms with Crippen LogP contribution in [0.3, 0.4) is 0 Å². The highest BCUT2D eigenvalue weighted by Crippen LogP contribution is 2.40. The first-order chi connectivity index (χ1) is 9.09. The molecule has 0 spiro atoms. The lowest BCUT2D eigenvalue weighted by Gasteiger charge is -2.22. The van der Waals surface area contributed by atoms with Crippen LogP contribution in [-0.2, 0) is 22.9 Å². The number of fused-ring (bicyclic) bond motifs is 3. The van der Waals surface area contributed by atoms with Crippen molar-refractivity contribution in [1.82, 2.24) is 4.72 Å². The lowest BCUT2D eigenvalue weighted by molar-refractivity contribution is 0.388. The van der Waals surface area contributed by atoms with Gasteiger partial charge in [-0.05, 0) is 48.6 Å². The molecule has 19 heavy (non-hydrogen) atoms. The molecule has 0 aromatic heterocycles. The summed E-state index contributed by atoms with van der Waals surface area (Å²) in [5, 5.41) is 1.02. The van der Waals surface area contributed by atoms with Crippen LogP contribution in [0.25, 0.3) is 0 Å². The van der Waals surface area contributed by atoms with Gasteiger partial charge in [0.05, 0.1) is 0 Å².